The summed E-state index contributed by atoms with van der Waals surface area (Å²) in [4.78, 5) is 24.9. The van der Waals surface area contributed by atoms with Gasteiger partial charge in [0, 0.05) is 108 Å². The summed E-state index contributed by atoms with van der Waals surface area (Å²) < 4.78 is 45.2. The molecule has 2 N–H and O–H groups in total. The number of carboxylic acid groups (broad SMARTS) is 1. The Morgan fingerprint density at radius 3 is 2.23 bits per heavy atom. The molecule has 9 nitrogen and oxygen atoms in total. The number of amides is 1. The van der Waals surface area contributed by atoms with Crippen LogP contribution in [0.4, 0.5) is 0 Å². The standard InChI is InChI=1S/C28H29NO8S.2K/c1-4-5-19-14-21(28(31)32)9-12-23(19)37-26(20-8-13-24-25(15-20)36-16-35-24)27(30)29-38(33,34)22-10-6-18(7-11-22)17(2)3;;/h6-15,17,26H,4-5,16H2,1-3H3,(H,29,30)(H,31,32);;/t26-;;/m1../s1. The molecule has 1 aliphatic rings. The van der Waals surface area contributed by atoms with E-state index in [9.17, 15) is 23.1 Å². The van der Waals surface area contributed by atoms with Crippen molar-refractivity contribution in [2.45, 2.75) is 50.5 Å². The zero-order valence-electron chi connectivity index (χ0n) is 23.3. The van der Waals surface area contributed by atoms with Crippen molar-refractivity contribution in [2.75, 3.05) is 6.79 Å². The van der Waals surface area contributed by atoms with Crippen molar-refractivity contribution in [1.82, 2.24) is 4.72 Å². The number of carboxylic acids is 1. The topological polar surface area (TPSA) is 128 Å². The molecule has 0 bridgehead atoms. The first-order valence-corrected chi connectivity index (χ1v) is 13.7. The molecule has 2 radical (unpaired) electrons. The van der Waals surface area contributed by atoms with Gasteiger partial charge < -0.3 is 19.3 Å². The summed E-state index contributed by atoms with van der Waals surface area (Å²) in [7, 11) is -4.21. The van der Waals surface area contributed by atoms with Gasteiger partial charge in [-0.25, -0.2) is 17.9 Å². The first kappa shape index (κ1) is 35.4. The molecule has 4 rings (SSSR count). The Kier molecular flexibility index (Phi) is 13.8. The average Bonchev–Trinajstić information content (AvgIpc) is 3.35. The number of fused-ring (bicyclic) bond motifs is 1. The summed E-state index contributed by atoms with van der Waals surface area (Å²) in [6.07, 6.45) is -0.200. The Bertz CT molecular complexity index is 1460. The molecule has 3 aromatic carbocycles. The molecule has 202 valence electrons. The summed E-state index contributed by atoms with van der Waals surface area (Å²) in [5.41, 5.74) is 1.96. The maximum Gasteiger partial charge on any atom is 0.335 e. The largest absolute Gasteiger partial charge is 0.478 e. The number of aryl methyl sites for hydroxylation is 1. The fraction of sp³-hybridized carbons (Fsp3) is 0.286. The third kappa shape index (κ3) is 8.63. The predicted octanol–water partition coefficient (Wildman–Crippen LogP) is 4.05. The first-order valence-electron chi connectivity index (χ1n) is 12.2. The summed E-state index contributed by atoms with van der Waals surface area (Å²) in [6.45, 7) is 5.94. The molecule has 0 unspecified atom stereocenters. The molecule has 40 heavy (non-hydrogen) atoms. The maximum atomic E-state index is 13.5. The molecule has 0 fully saturated rings. The molecule has 1 aliphatic heterocycles. The van der Waals surface area contributed by atoms with Gasteiger partial charge in [0.15, 0.2) is 11.5 Å². The predicted molar refractivity (Wildman–Crippen MR) is 151 cm³/mol. The molecule has 0 aromatic heterocycles. The number of hydrogen-bond donors (Lipinski definition) is 2. The van der Waals surface area contributed by atoms with Crippen LogP contribution >= 0.6 is 0 Å². The van der Waals surface area contributed by atoms with Crippen molar-refractivity contribution < 1.29 is 37.3 Å². The Labute approximate surface area is 319 Å². The van der Waals surface area contributed by atoms with E-state index >= 15 is 0 Å². The summed E-state index contributed by atoms with van der Waals surface area (Å²) >= 11 is 0. The molecule has 0 aliphatic carbocycles. The molecular formula is C28H29K2NO8S. The van der Waals surface area contributed by atoms with Crippen molar-refractivity contribution in [1.29, 1.82) is 0 Å². The maximum absolute atomic E-state index is 13.5. The van der Waals surface area contributed by atoms with E-state index in [2.05, 4.69) is 4.72 Å². The van der Waals surface area contributed by atoms with Gasteiger partial charge in [-0.3, -0.25) is 4.79 Å². The van der Waals surface area contributed by atoms with Gasteiger partial charge in [0.25, 0.3) is 15.9 Å². The van der Waals surface area contributed by atoms with Crippen LogP contribution in [0, 0.1) is 0 Å². The van der Waals surface area contributed by atoms with Crippen molar-refractivity contribution in [3.05, 3.63) is 82.9 Å². The number of rotatable bonds is 10. The van der Waals surface area contributed by atoms with Gasteiger partial charge >= 0.3 is 5.97 Å². The van der Waals surface area contributed by atoms with Crippen LogP contribution in [0.1, 0.15) is 66.3 Å². The third-order valence-corrected chi connectivity index (χ3v) is 7.46. The van der Waals surface area contributed by atoms with E-state index in [1.807, 2.05) is 20.8 Å². The van der Waals surface area contributed by atoms with Gasteiger partial charge in [-0.05, 0) is 65.9 Å². The molecule has 0 saturated heterocycles. The number of carbonyl (C=O) groups excluding carboxylic acids is 1. The zero-order valence-corrected chi connectivity index (χ0v) is 30.3. The molecule has 0 saturated carbocycles. The third-order valence-electron chi connectivity index (χ3n) is 6.10. The zero-order chi connectivity index (χ0) is 27.4. The van der Waals surface area contributed by atoms with Crippen molar-refractivity contribution in [3.63, 3.8) is 0 Å². The van der Waals surface area contributed by atoms with E-state index in [0.717, 1.165) is 5.56 Å². The van der Waals surface area contributed by atoms with Gasteiger partial charge in [-0.15, -0.1) is 0 Å². The Balaban J connectivity index is 0.00000280. The number of aromatic carboxylic acids is 1. The smallest absolute Gasteiger partial charge is 0.335 e. The van der Waals surface area contributed by atoms with Crippen LogP contribution in [0.5, 0.6) is 17.2 Å². The second-order valence-corrected chi connectivity index (χ2v) is 10.9. The Hall–Kier alpha value is -0.777. The number of nitrogens with one attached hydrogen (secondary N) is 1. The van der Waals surface area contributed by atoms with Crippen molar-refractivity contribution >= 4 is 125 Å². The number of hydrogen-bond acceptors (Lipinski definition) is 7. The van der Waals surface area contributed by atoms with Gasteiger partial charge in [-0.1, -0.05) is 45.4 Å². The van der Waals surface area contributed by atoms with E-state index in [-0.39, 0.29) is 132 Å². The van der Waals surface area contributed by atoms with E-state index in [4.69, 9.17) is 14.2 Å². The number of carbonyl (C=O) groups is 2. The van der Waals surface area contributed by atoms with E-state index in [0.29, 0.717) is 35.5 Å². The molecule has 1 heterocycles. The van der Waals surface area contributed by atoms with Gasteiger partial charge in [0.2, 0.25) is 12.9 Å². The second-order valence-electron chi connectivity index (χ2n) is 9.18. The fourth-order valence-electron chi connectivity index (χ4n) is 4.05. The van der Waals surface area contributed by atoms with Crippen molar-refractivity contribution in [2.24, 2.45) is 0 Å². The number of benzene rings is 3. The SMILES string of the molecule is CCCc1cc(C(=O)O)ccc1O[C@@H](C(=O)NS(=O)(=O)c1ccc(C(C)C)cc1)c1ccc2c(c1)OCO2.[K].[K]. The molecule has 12 heteroatoms. The van der Waals surface area contributed by atoms with E-state index in [1.54, 1.807) is 30.3 Å². The van der Waals surface area contributed by atoms with Crippen LogP contribution < -0.4 is 18.9 Å². The molecule has 1 amide bonds. The van der Waals surface area contributed by atoms with Crippen LogP contribution in [0.25, 0.3) is 0 Å². The first-order chi connectivity index (χ1) is 18.1. The molecule has 3 aromatic rings. The molecule has 1 atom stereocenters. The van der Waals surface area contributed by atoms with E-state index < -0.39 is 28.0 Å². The summed E-state index contributed by atoms with van der Waals surface area (Å²) in [5, 5.41) is 9.39. The number of sulfonamides is 1. The summed E-state index contributed by atoms with van der Waals surface area (Å²) in [5.74, 6) is -0.632. The molecular weight excluding hydrogens is 589 g/mol. The minimum Gasteiger partial charge on any atom is -0.478 e. The van der Waals surface area contributed by atoms with Crippen molar-refractivity contribution in [3.8, 4) is 17.2 Å². The number of ether oxygens (including phenoxy) is 3. The van der Waals surface area contributed by atoms with Crippen LogP contribution in [0.15, 0.2) is 65.6 Å². The van der Waals surface area contributed by atoms with Crippen LogP contribution in [0.2, 0.25) is 0 Å². The van der Waals surface area contributed by atoms with Gasteiger partial charge in [-0.2, -0.15) is 0 Å². The molecule has 0 spiro atoms. The second kappa shape index (κ2) is 15.6. The summed E-state index contributed by atoms with van der Waals surface area (Å²) in [6, 6.07) is 15.4. The Morgan fingerprint density at radius 2 is 1.60 bits per heavy atom. The quantitative estimate of drug-likeness (QED) is 0.326. The van der Waals surface area contributed by atoms with Gasteiger partial charge in [0.05, 0.1) is 10.5 Å². The van der Waals surface area contributed by atoms with Gasteiger partial charge in [0.1, 0.15) is 5.75 Å². The normalized spacial score (nSPS) is 12.6. The minimum absolute atomic E-state index is 0. The van der Waals surface area contributed by atoms with Crippen LogP contribution in [0.3, 0.4) is 0 Å². The van der Waals surface area contributed by atoms with Crippen LogP contribution in [-0.4, -0.2) is 135 Å². The van der Waals surface area contributed by atoms with E-state index in [1.165, 1.54) is 30.3 Å². The average molecular weight is 618 g/mol. The van der Waals surface area contributed by atoms with Crippen LogP contribution in [-0.2, 0) is 21.2 Å². The Morgan fingerprint density at radius 1 is 0.950 bits per heavy atom. The minimum atomic E-state index is -4.21. The monoisotopic (exact) mass is 617 g/mol. The fourth-order valence-corrected chi connectivity index (χ4v) is 5.03.